The van der Waals surface area contributed by atoms with E-state index in [1.54, 1.807) is 6.07 Å². The van der Waals surface area contributed by atoms with E-state index in [1.165, 1.54) is 12.8 Å². The first-order valence-corrected chi connectivity index (χ1v) is 10.7. The fraction of sp³-hybridized carbons (Fsp3) is 0.545. The maximum Gasteiger partial charge on any atom is 0.262 e. The van der Waals surface area contributed by atoms with Crippen molar-refractivity contribution in [2.45, 2.75) is 44.7 Å². The Morgan fingerprint density at radius 1 is 1.10 bits per heavy atom. The van der Waals surface area contributed by atoms with Crippen molar-refractivity contribution < 1.29 is 19.2 Å². The maximum absolute atomic E-state index is 13.3. The first kappa shape index (κ1) is 19.4. The monoisotopic (exact) mass is 410 g/mol. The Hall–Kier alpha value is -2.58. The third kappa shape index (κ3) is 3.15. The minimum atomic E-state index is -0.925. The Morgan fingerprint density at radius 2 is 1.97 bits per heavy atom. The third-order valence-electron chi connectivity index (χ3n) is 7.02. The van der Waals surface area contributed by atoms with Crippen LogP contribution >= 0.6 is 0 Å². The third-order valence-corrected chi connectivity index (χ3v) is 7.02. The molecule has 158 valence electrons. The molecule has 0 aliphatic carbocycles. The molecule has 30 heavy (non-hydrogen) atoms. The highest BCUT2D eigenvalue weighted by atomic mass is 16.2. The molecule has 0 saturated carbocycles. The number of nitrogens with one attached hydrogen (secondary N) is 2. The number of likely N-dealkylation sites (tertiary alicyclic amines) is 1. The summed E-state index contributed by atoms with van der Waals surface area (Å²) >= 11 is 0. The van der Waals surface area contributed by atoms with E-state index in [0.717, 1.165) is 43.1 Å². The number of carbonyl (C=O) groups is 4. The zero-order valence-electron chi connectivity index (χ0n) is 16.9. The Balaban J connectivity index is 1.40. The molecular formula is C22H26N4O4. The molecule has 0 aromatic heterocycles. The standard InChI is InChI=1S/C22H26N4O4/c27-17-6-5-16(19(28)24-17)26-20(29)15-4-1-3-14(18(15)21(26)30)11-25-10-2-7-22(13-25)8-9-23-12-22/h1,3-4,16,23H,2,5-13H2,(H,24,27,28). The van der Waals surface area contributed by atoms with Gasteiger partial charge >= 0.3 is 0 Å². The summed E-state index contributed by atoms with van der Waals surface area (Å²) in [4.78, 5) is 53.4. The van der Waals surface area contributed by atoms with E-state index in [-0.39, 0.29) is 18.7 Å². The van der Waals surface area contributed by atoms with Crippen molar-refractivity contribution in [1.29, 1.82) is 0 Å². The van der Waals surface area contributed by atoms with Crippen LogP contribution in [0.3, 0.4) is 0 Å². The normalized spacial score (nSPS) is 29.6. The Kier molecular flexibility index (Phi) is 4.71. The number of rotatable bonds is 3. The molecular weight excluding hydrogens is 384 g/mol. The van der Waals surface area contributed by atoms with E-state index in [1.807, 2.05) is 12.1 Å². The van der Waals surface area contributed by atoms with Gasteiger partial charge in [0.15, 0.2) is 0 Å². The molecule has 0 bridgehead atoms. The first-order chi connectivity index (χ1) is 14.5. The van der Waals surface area contributed by atoms with Gasteiger partial charge in [0.05, 0.1) is 11.1 Å². The second-order valence-electron chi connectivity index (χ2n) is 9.03. The van der Waals surface area contributed by atoms with Gasteiger partial charge < -0.3 is 5.32 Å². The van der Waals surface area contributed by atoms with Crippen LogP contribution in [-0.4, -0.2) is 65.6 Å². The van der Waals surface area contributed by atoms with Gasteiger partial charge in [-0.3, -0.25) is 34.3 Å². The molecule has 3 saturated heterocycles. The predicted molar refractivity (Wildman–Crippen MR) is 108 cm³/mol. The van der Waals surface area contributed by atoms with E-state index in [4.69, 9.17) is 0 Å². The van der Waals surface area contributed by atoms with Crippen LogP contribution in [0.4, 0.5) is 0 Å². The molecule has 1 spiro atoms. The minimum absolute atomic E-state index is 0.126. The lowest BCUT2D eigenvalue weighted by molar-refractivity contribution is -0.136. The SMILES string of the molecule is O=C1CCC(N2C(=O)c3cccc(CN4CCCC5(CCNC5)C4)c3C2=O)C(=O)N1. The van der Waals surface area contributed by atoms with Gasteiger partial charge in [-0.2, -0.15) is 0 Å². The highest BCUT2D eigenvalue weighted by molar-refractivity contribution is 6.24. The van der Waals surface area contributed by atoms with Gasteiger partial charge in [0.25, 0.3) is 11.8 Å². The van der Waals surface area contributed by atoms with E-state index >= 15 is 0 Å². The predicted octanol–water partition coefficient (Wildman–Crippen LogP) is 0.663. The molecule has 4 amide bonds. The number of imide groups is 2. The minimum Gasteiger partial charge on any atom is -0.316 e. The molecule has 1 aromatic carbocycles. The van der Waals surface area contributed by atoms with E-state index in [9.17, 15) is 19.2 Å². The van der Waals surface area contributed by atoms with E-state index in [0.29, 0.717) is 23.1 Å². The van der Waals surface area contributed by atoms with Gasteiger partial charge in [-0.25, -0.2) is 0 Å². The van der Waals surface area contributed by atoms with Crippen LogP contribution in [0.2, 0.25) is 0 Å². The summed E-state index contributed by atoms with van der Waals surface area (Å²) in [5, 5.41) is 5.72. The lowest BCUT2D eigenvalue weighted by atomic mass is 9.79. The van der Waals surface area contributed by atoms with Crippen molar-refractivity contribution in [3.8, 4) is 0 Å². The highest BCUT2D eigenvalue weighted by Gasteiger charge is 2.46. The van der Waals surface area contributed by atoms with Crippen LogP contribution in [0, 0.1) is 5.41 Å². The Morgan fingerprint density at radius 3 is 2.73 bits per heavy atom. The molecule has 2 atom stereocenters. The van der Waals surface area contributed by atoms with Crippen LogP contribution in [0.15, 0.2) is 18.2 Å². The summed E-state index contributed by atoms with van der Waals surface area (Å²) in [5.41, 5.74) is 1.92. The molecule has 0 radical (unpaired) electrons. The largest absolute Gasteiger partial charge is 0.316 e. The zero-order chi connectivity index (χ0) is 20.9. The van der Waals surface area contributed by atoms with Gasteiger partial charge in [-0.05, 0) is 55.8 Å². The van der Waals surface area contributed by atoms with Crippen LogP contribution in [0.5, 0.6) is 0 Å². The molecule has 2 unspecified atom stereocenters. The second kappa shape index (κ2) is 7.28. The summed E-state index contributed by atoms with van der Waals surface area (Å²) < 4.78 is 0. The number of hydrogen-bond donors (Lipinski definition) is 2. The van der Waals surface area contributed by atoms with Crippen molar-refractivity contribution in [2.24, 2.45) is 5.41 Å². The lowest BCUT2D eigenvalue weighted by Gasteiger charge is -2.40. The van der Waals surface area contributed by atoms with Crippen molar-refractivity contribution in [3.05, 3.63) is 34.9 Å². The second-order valence-corrected chi connectivity index (χ2v) is 9.03. The van der Waals surface area contributed by atoms with Crippen LogP contribution < -0.4 is 10.6 Å². The quantitative estimate of drug-likeness (QED) is 0.711. The molecule has 2 N–H and O–H groups in total. The van der Waals surface area contributed by atoms with Crippen LogP contribution in [0.25, 0.3) is 0 Å². The average Bonchev–Trinajstić information content (AvgIpc) is 3.26. The fourth-order valence-corrected chi connectivity index (χ4v) is 5.55. The fourth-order valence-electron chi connectivity index (χ4n) is 5.55. The smallest absolute Gasteiger partial charge is 0.262 e. The highest BCUT2D eigenvalue weighted by Crippen LogP contribution is 2.37. The Bertz CT molecular complexity index is 937. The molecule has 4 aliphatic rings. The number of piperidine rings is 2. The number of amides is 4. The summed E-state index contributed by atoms with van der Waals surface area (Å²) in [6.07, 6.45) is 3.83. The van der Waals surface area contributed by atoms with Crippen LogP contribution in [0.1, 0.15) is 58.4 Å². The lowest BCUT2D eigenvalue weighted by Crippen LogP contribution is -2.54. The van der Waals surface area contributed by atoms with Gasteiger partial charge in [-0.1, -0.05) is 12.1 Å². The molecule has 8 nitrogen and oxygen atoms in total. The number of fused-ring (bicyclic) bond motifs is 1. The number of nitrogens with zero attached hydrogens (tertiary/aromatic N) is 2. The summed E-state index contributed by atoms with van der Waals surface area (Å²) in [6.45, 7) is 4.68. The van der Waals surface area contributed by atoms with Crippen molar-refractivity contribution in [2.75, 3.05) is 26.2 Å². The van der Waals surface area contributed by atoms with Crippen molar-refractivity contribution >= 4 is 23.6 Å². The molecule has 3 fully saturated rings. The first-order valence-electron chi connectivity index (χ1n) is 10.7. The zero-order valence-corrected chi connectivity index (χ0v) is 16.9. The van der Waals surface area contributed by atoms with E-state index < -0.39 is 23.8 Å². The molecule has 5 rings (SSSR count). The topological polar surface area (TPSA) is 98.8 Å². The molecule has 8 heteroatoms. The van der Waals surface area contributed by atoms with Gasteiger partial charge in [0.1, 0.15) is 6.04 Å². The summed E-state index contributed by atoms with van der Waals surface area (Å²) in [6, 6.07) is 4.45. The number of carbonyl (C=O) groups excluding carboxylic acids is 4. The Labute approximate surface area is 175 Å². The molecule has 4 heterocycles. The van der Waals surface area contributed by atoms with Crippen molar-refractivity contribution in [1.82, 2.24) is 20.4 Å². The molecule has 1 aromatic rings. The van der Waals surface area contributed by atoms with Gasteiger partial charge in [0.2, 0.25) is 11.8 Å². The van der Waals surface area contributed by atoms with Gasteiger partial charge in [-0.15, -0.1) is 0 Å². The maximum atomic E-state index is 13.3. The van der Waals surface area contributed by atoms with Crippen molar-refractivity contribution in [3.63, 3.8) is 0 Å². The summed E-state index contributed by atoms with van der Waals surface area (Å²) in [5.74, 6) is -1.81. The van der Waals surface area contributed by atoms with Gasteiger partial charge in [0, 0.05) is 26.1 Å². The van der Waals surface area contributed by atoms with E-state index in [2.05, 4.69) is 15.5 Å². The van der Waals surface area contributed by atoms with Crippen LogP contribution in [-0.2, 0) is 16.1 Å². The summed E-state index contributed by atoms with van der Waals surface area (Å²) in [7, 11) is 0. The molecule has 4 aliphatic heterocycles. The number of hydrogen-bond acceptors (Lipinski definition) is 6. The average molecular weight is 410 g/mol. The number of benzene rings is 1.